The van der Waals surface area contributed by atoms with E-state index in [9.17, 15) is 22.8 Å². The molecule has 0 amide bonds. The Hall–Kier alpha value is -2.63. The Bertz CT molecular complexity index is 734. The average molecular weight is 336 g/mol. The van der Waals surface area contributed by atoms with Gasteiger partial charge in [0.15, 0.2) is 5.78 Å². The molecule has 0 N–H and O–H groups in total. The Kier molecular flexibility index (Phi) is 5.39. The maximum absolute atomic E-state index is 12.2. The van der Waals surface area contributed by atoms with Gasteiger partial charge in [0, 0.05) is 5.56 Å². The van der Waals surface area contributed by atoms with Gasteiger partial charge in [0.25, 0.3) is 0 Å². The summed E-state index contributed by atoms with van der Waals surface area (Å²) in [5, 5.41) is 0. The van der Waals surface area contributed by atoms with Gasteiger partial charge < -0.3 is 4.74 Å². The summed E-state index contributed by atoms with van der Waals surface area (Å²) in [6, 6.07) is 13.4. The summed E-state index contributed by atoms with van der Waals surface area (Å²) in [6.45, 7) is 2.30. The molecule has 6 heteroatoms. The Balaban J connectivity index is 1.97. The molecule has 24 heavy (non-hydrogen) atoms. The molecule has 0 aromatic heterocycles. The molecular formula is C18H15F3O3. The molecular weight excluding hydrogens is 321 g/mol. The molecule has 0 spiro atoms. The largest absolute Gasteiger partial charge is 0.489 e. The van der Waals surface area contributed by atoms with Crippen molar-refractivity contribution in [2.45, 2.75) is 26.1 Å². The molecule has 2 aromatic carbocycles. The van der Waals surface area contributed by atoms with E-state index in [1.54, 1.807) is 0 Å². The first kappa shape index (κ1) is 17.7. The lowest BCUT2D eigenvalue weighted by Gasteiger charge is -2.09. The van der Waals surface area contributed by atoms with Crippen LogP contribution in [0.25, 0.3) is 0 Å². The molecule has 0 heterocycles. The minimum Gasteiger partial charge on any atom is -0.489 e. The molecule has 2 rings (SSSR count). The van der Waals surface area contributed by atoms with E-state index >= 15 is 0 Å². The average Bonchev–Trinajstić information content (AvgIpc) is 2.53. The fourth-order valence-corrected chi connectivity index (χ4v) is 2.02. The van der Waals surface area contributed by atoms with Crippen molar-refractivity contribution in [1.29, 1.82) is 0 Å². The summed E-state index contributed by atoms with van der Waals surface area (Å²) in [5.41, 5.74) is 2.12. The quantitative estimate of drug-likeness (QED) is 0.584. The van der Waals surface area contributed by atoms with Crippen LogP contribution in [-0.4, -0.2) is 17.7 Å². The minimum absolute atomic E-state index is 0.0378. The van der Waals surface area contributed by atoms with Crippen molar-refractivity contribution in [3.8, 4) is 5.75 Å². The van der Waals surface area contributed by atoms with Crippen LogP contribution in [0.3, 0.4) is 0 Å². The van der Waals surface area contributed by atoms with E-state index in [2.05, 4.69) is 0 Å². The fourth-order valence-electron chi connectivity index (χ4n) is 2.02. The summed E-state index contributed by atoms with van der Waals surface area (Å²) in [5.74, 6) is -2.44. The van der Waals surface area contributed by atoms with Gasteiger partial charge in [-0.3, -0.25) is 9.59 Å². The second-order valence-corrected chi connectivity index (χ2v) is 5.26. The van der Waals surface area contributed by atoms with Crippen LogP contribution in [0.4, 0.5) is 13.2 Å². The molecule has 0 atom stereocenters. The number of rotatable bonds is 6. The molecule has 0 aliphatic rings. The van der Waals surface area contributed by atoms with Crippen LogP contribution >= 0.6 is 0 Å². The lowest BCUT2D eigenvalue weighted by Crippen LogP contribution is -2.25. The van der Waals surface area contributed by atoms with Crippen LogP contribution in [0.15, 0.2) is 48.5 Å². The van der Waals surface area contributed by atoms with Gasteiger partial charge in [0.2, 0.25) is 5.78 Å². The molecule has 0 radical (unpaired) electrons. The summed E-state index contributed by atoms with van der Waals surface area (Å²) in [7, 11) is 0. The van der Waals surface area contributed by atoms with Gasteiger partial charge in [-0.1, -0.05) is 24.3 Å². The van der Waals surface area contributed by atoms with Crippen molar-refractivity contribution in [3.63, 3.8) is 0 Å². The molecule has 0 aliphatic carbocycles. The van der Waals surface area contributed by atoms with E-state index in [-0.39, 0.29) is 5.56 Å². The molecule has 126 valence electrons. The summed E-state index contributed by atoms with van der Waals surface area (Å²) >= 11 is 0. The Morgan fingerprint density at radius 2 is 1.62 bits per heavy atom. The van der Waals surface area contributed by atoms with Gasteiger partial charge in [-0.05, 0) is 42.3 Å². The number of aryl methyl sites for hydroxylation is 1. The van der Waals surface area contributed by atoms with Crippen LogP contribution < -0.4 is 4.74 Å². The zero-order valence-corrected chi connectivity index (χ0v) is 12.9. The summed E-state index contributed by atoms with van der Waals surface area (Å²) in [4.78, 5) is 22.5. The van der Waals surface area contributed by atoms with E-state index in [0.29, 0.717) is 12.4 Å². The number of carbonyl (C=O) groups is 2. The molecule has 0 aliphatic heterocycles. The topological polar surface area (TPSA) is 43.4 Å². The van der Waals surface area contributed by atoms with E-state index in [1.165, 1.54) is 24.3 Å². The SMILES string of the molecule is Cc1ccccc1COc1ccc(C(=O)CC(=O)C(F)(F)F)cc1. The Morgan fingerprint density at radius 1 is 1.00 bits per heavy atom. The lowest BCUT2D eigenvalue weighted by molar-refractivity contribution is -0.170. The first-order valence-electron chi connectivity index (χ1n) is 7.18. The van der Waals surface area contributed by atoms with Crippen molar-refractivity contribution in [1.82, 2.24) is 0 Å². The molecule has 3 nitrogen and oxygen atoms in total. The monoisotopic (exact) mass is 336 g/mol. The number of halogens is 3. The maximum Gasteiger partial charge on any atom is 0.450 e. The van der Waals surface area contributed by atoms with Crippen molar-refractivity contribution in [2.24, 2.45) is 0 Å². The molecule has 0 saturated carbocycles. The number of hydrogen-bond donors (Lipinski definition) is 0. The first-order valence-corrected chi connectivity index (χ1v) is 7.18. The van der Waals surface area contributed by atoms with Crippen LogP contribution in [0.2, 0.25) is 0 Å². The predicted octanol–water partition coefficient (Wildman–Crippen LogP) is 4.28. The highest BCUT2D eigenvalue weighted by Crippen LogP contribution is 2.21. The second kappa shape index (κ2) is 7.29. The van der Waals surface area contributed by atoms with Crippen LogP contribution in [0, 0.1) is 6.92 Å². The molecule has 2 aromatic rings. The van der Waals surface area contributed by atoms with Crippen molar-refractivity contribution >= 4 is 11.6 Å². The molecule has 0 unspecified atom stereocenters. The smallest absolute Gasteiger partial charge is 0.450 e. The first-order chi connectivity index (χ1) is 11.3. The van der Waals surface area contributed by atoms with E-state index in [4.69, 9.17) is 4.74 Å². The standard InChI is InChI=1S/C18H15F3O3/c1-12-4-2-3-5-14(12)11-24-15-8-6-13(7-9-15)16(22)10-17(23)18(19,20)21/h2-9H,10-11H2,1H3. The Morgan fingerprint density at radius 3 is 2.21 bits per heavy atom. The number of ketones is 2. The number of ether oxygens (including phenoxy) is 1. The van der Waals surface area contributed by atoms with E-state index in [0.717, 1.165) is 11.1 Å². The highest BCUT2D eigenvalue weighted by molar-refractivity contribution is 6.09. The van der Waals surface area contributed by atoms with Crippen molar-refractivity contribution in [3.05, 3.63) is 65.2 Å². The van der Waals surface area contributed by atoms with Crippen LogP contribution in [0.5, 0.6) is 5.75 Å². The third-order valence-electron chi connectivity index (χ3n) is 3.47. The van der Waals surface area contributed by atoms with Crippen LogP contribution in [0.1, 0.15) is 27.9 Å². The van der Waals surface area contributed by atoms with E-state index in [1.807, 2.05) is 31.2 Å². The Labute approximate surface area is 137 Å². The molecule has 0 saturated heterocycles. The van der Waals surface area contributed by atoms with E-state index < -0.39 is 24.2 Å². The molecule has 0 bridgehead atoms. The van der Waals surface area contributed by atoms with Crippen molar-refractivity contribution in [2.75, 3.05) is 0 Å². The van der Waals surface area contributed by atoms with Crippen molar-refractivity contribution < 1.29 is 27.5 Å². The fraction of sp³-hybridized carbons (Fsp3) is 0.222. The van der Waals surface area contributed by atoms with Gasteiger partial charge in [0.05, 0.1) is 6.42 Å². The third-order valence-corrected chi connectivity index (χ3v) is 3.47. The van der Waals surface area contributed by atoms with Crippen LogP contribution in [-0.2, 0) is 11.4 Å². The predicted molar refractivity (Wildman–Crippen MR) is 82.0 cm³/mol. The maximum atomic E-state index is 12.2. The van der Waals surface area contributed by atoms with Gasteiger partial charge in [-0.25, -0.2) is 0 Å². The summed E-state index contributed by atoms with van der Waals surface area (Å²) in [6.07, 6.45) is -6.18. The lowest BCUT2D eigenvalue weighted by atomic mass is 10.1. The highest BCUT2D eigenvalue weighted by atomic mass is 19.4. The third kappa shape index (κ3) is 4.68. The number of benzene rings is 2. The van der Waals surface area contributed by atoms with Gasteiger partial charge in [-0.15, -0.1) is 0 Å². The number of hydrogen-bond acceptors (Lipinski definition) is 3. The van der Waals surface area contributed by atoms with Gasteiger partial charge >= 0.3 is 6.18 Å². The number of carbonyl (C=O) groups excluding carboxylic acids is 2. The van der Waals surface area contributed by atoms with Gasteiger partial charge in [0.1, 0.15) is 12.4 Å². The normalized spacial score (nSPS) is 11.2. The summed E-state index contributed by atoms with van der Waals surface area (Å²) < 4.78 is 42.1. The number of Topliss-reactive ketones (excluding diaryl/α,β-unsaturated/α-hetero) is 2. The zero-order valence-electron chi connectivity index (χ0n) is 12.9. The molecule has 0 fully saturated rings. The minimum atomic E-state index is -4.99. The second-order valence-electron chi connectivity index (χ2n) is 5.26. The van der Waals surface area contributed by atoms with Gasteiger partial charge in [-0.2, -0.15) is 13.2 Å². The zero-order chi connectivity index (χ0) is 17.7. The highest BCUT2D eigenvalue weighted by Gasteiger charge is 2.39. The number of alkyl halides is 3.